The number of halogens is 3. The van der Waals surface area contributed by atoms with Gasteiger partial charge in [-0.25, -0.2) is 13.2 Å². The van der Waals surface area contributed by atoms with Crippen molar-refractivity contribution in [2.45, 2.75) is 43.5 Å². The summed E-state index contributed by atoms with van der Waals surface area (Å²) in [6.45, 7) is 0. The third-order valence-electron chi connectivity index (χ3n) is 3.37. The van der Waals surface area contributed by atoms with Gasteiger partial charge in [-0.3, -0.25) is 0 Å². The minimum atomic E-state index is -4.97. The molecular formula is C13H15F3O3S. The normalized spacial score (nSPS) is 18.4. The molecule has 112 valence electrons. The van der Waals surface area contributed by atoms with E-state index in [1.54, 1.807) is 6.07 Å². The van der Waals surface area contributed by atoms with E-state index in [9.17, 15) is 21.6 Å². The number of hydrogen-bond acceptors (Lipinski definition) is 3. The Morgan fingerprint density at radius 2 is 1.80 bits per heavy atom. The summed E-state index contributed by atoms with van der Waals surface area (Å²) < 4.78 is 64.2. The van der Waals surface area contributed by atoms with Gasteiger partial charge in [0, 0.05) is 0 Å². The van der Waals surface area contributed by atoms with Gasteiger partial charge in [-0.2, -0.15) is 8.42 Å². The van der Waals surface area contributed by atoms with Crippen LogP contribution in [-0.4, -0.2) is 20.3 Å². The molecule has 1 saturated carbocycles. The third-order valence-corrected chi connectivity index (χ3v) is 4.55. The molecule has 0 bridgehead atoms. The molecule has 1 unspecified atom stereocenters. The molecule has 1 aromatic carbocycles. The highest BCUT2D eigenvalue weighted by Gasteiger charge is 2.36. The van der Waals surface area contributed by atoms with Crippen LogP contribution in [0.15, 0.2) is 24.3 Å². The summed E-state index contributed by atoms with van der Waals surface area (Å²) in [5.74, 6) is 0.190. The Morgan fingerprint density at radius 3 is 2.40 bits per heavy atom. The van der Waals surface area contributed by atoms with Crippen molar-refractivity contribution in [1.29, 1.82) is 0 Å². The van der Waals surface area contributed by atoms with Crippen LogP contribution in [-0.2, 0) is 10.1 Å². The smallest absolute Gasteiger partial charge is 0.347 e. The highest BCUT2D eigenvalue weighted by atomic mass is 32.2. The highest BCUT2D eigenvalue weighted by molar-refractivity contribution is 7.87. The SMILES string of the molecule is O=S(=O)(Oc1cccc(C2CCCC2)c1)C(F)C(F)F. The maximum atomic E-state index is 12.9. The zero-order chi connectivity index (χ0) is 14.8. The zero-order valence-electron chi connectivity index (χ0n) is 10.6. The van der Waals surface area contributed by atoms with Gasteiger partial charge in [0.05, 0.1) is 0 Å². The molecule has 0 amide bonds. The minimum absolute atomic E-state index is 0.127. The Hall–Kier alpha value is -1.24. The van der Waals surface area contributed by atoms with Crippen molar-refractivity contribution in [2.24, 2.45) is 0 Å². The summed E-state index contributed by atoms with van der Waals surface area (Å²) in [7, 11) is -4.97. The molecule has 0 saturated heterocycles. The fraction of sp³-hybridized carbons (Fsp3) is 0.538. The Morgan fingerprint density at radius 1 is 1.15 bits per heavy atom. The Balaban J connectivity index is 2.15. The number of alkyl halides is 3. The predicted octanol–water partition coefficient (Wildman–Crippen LogP) is 3.61. The lowest BCUT2D eigenvalue weighted by Crippen LogP contribution is -2.28. The maximum Gasteiger partial charge on any atom is 0.347 e. The molecule has 7 heteroatoms. The fourth-order valence-corrected chi connectivity index (χ4v) is 3.10. The molecule has 1 aliphatic rings. The maximum absolute atomic E-state index is 12.9. The fourth-order valence-electron chi connectivity index (χ4n) is 2.39. The molecule has 2 rings (SSSR count). The second-order valence-corrected chi connectivity index (χ2v) is 6.42. The first-order valence-corrected chi connectivity index (χ1v) is 7.83. The van der Waals surface area contributed by atoms with Gasteiger partial charge in [0.2, 0.25) is 0 Å². The van der Waals surface area contributed by atoms with Crippen LogP contribution in [0.1, 0.15) is 37.2 Å². The molecule has 0 radical (unpaired) electrons. The van der Waals surface area contributed by atoms with E-state index in [4.69, 9.17) is 0 Å². The first-order valence-electron chi connectivity index (χ1n) is 6.35. The lowest BCUT2D eigenvalue weighted by Gasteiger charge is -2.13. The molecule has 0 aromatic heterocycles. The van der Waals surface area contributed by atoms with Crippen molar-refractivity contribution < 1.29 is 25.8 Å². The molecule has 1 aliphatic carbocycles. The Kier molecular flexibility index (Phi) is 4.57. The summed E-state index contributed by atoms with van der Waals surface area (Å²) in [6, 6.07) is 6.20. The van der Waals surface area contributed by atoms with Crippen LogP contribution in [0.3, 0.4) is 0 Å². The molecule has 0 spiro atoms. The van der Waals surface area contributed by atoms with Gasteiger partial charge in [-0.1, -0.05) is 25.0 Å². The van der Waals surface area contributed by atoms with Crippen molar-refractivity contribution in [2.75, 3.05) is 0 Å². The van der Waals surface area contributed by atoms with Crippen molar-refractivity contribution in [3.8, 4) is 5.75 Å². The summed E-state index contributed by atoms with van der Waals surface area (Å²) in [5, 5.41) is 0. The van der Waals surface area contributed by atoms with Gasteiger partial charge >= 0.3 is 10.1 Å². The second-order valence-electron chi connectivity index (χ2n) is 4.82. The van der Waals surface area contributed by atoms with Crippen molar-refractivity contribution >= 4 is 10.1 Å². The average molecular weight is 308 g/mol. The Labute approximate surface area is 115 Å². The zero-order valence-corrected chi connectivity index (χ0v) is 11.5. The molecule has 0 heterocycles. The third kappa shape index (κ3) is 3.45. The lowest BCUT2D eigenvalue weighted by molar-refractivity contribution is 0.0864. The summed E-state index contributed by atoms with van der Waals surface area (Å²) in [6.07, 6.45) is 0.577. The first-order chi connectivity index (χ1) is 9.40. The van der Waals surface area contributed by atoms with Gasteiger partial charge in [0.25, 0.3) is 11.9 Å². The summed E-state index contributed by atoms with van der Waals surface area (Å²) in [4.78, 5) is 0. The molecule has 1 fully saturated rings. The Bertz CT molecular complexity index is 554. The molecule has 0 N–H and O–H groups in total. The highest BCUT2D eigenvalue weighted by Crippen LogP contribution is 2.35. The van der Waals surface area contributed by atoms with Crippen LogP contribution in [0.25, 0.3) is 0 Å². The van der Waals surface area contributed by atoms with E-state index in [-0.39, 0.29) is 5.75 Å². The van der Waals surface area contributed by atoms with Crippen molar-refractivity contribution in [3.05, 3.63) is 29.8 Å². The van der Waals surface area contributed by atoms with E-state index in [0.717, 1.165) is 31.2 Å². The summed E-state index contributed by atoms with van der Waals surface area (Å²) >= 11 is 0. The topological polar surface area (TPSA) is 43.4 Å². The van der Waals surface area contributed by atoms with Crippen LogP contribution in [0.4, 0.5) is 13.2 Å². The largest absolute Gasteiger partial charge is 0.380 e. The molecule has 1 atom stereocenters. The van der Waals surface area contributed by atoms with E-state index in [1.807, 2.05) is 6.07 Å². The number of rotatable bonds is 5. The van der Waals surface area contributed by atoms with E-state index < -0.39 is 22.0 Å². The van der Waals surface area contributed by atoms with Gasteiger partial charge in [0.15, 0.2) is 0 Å². The number of hydrogen-bond donors (Lipinski definition) is 0. The van der Waals surface area contributed by atoms with E-state index >= 15 is 0 Å². The van der Waals surface area contributed by atoms with Gasteiger partial charge < -0.3 is 4.18 Å². The van der Waals surface area contributed by atoms with E-state index in [2.05, 4.69) is 4.18 Å². The molecule has 20 heavy (non-hydrogen) atoms. The predicted molar refractivity (Wildman–Crippen MR) is 68.1 cm³/mol. The quantitative estimate of drug-likeness (QED) is 0.780. The molecule has 3 nitrogen and oxygen atoms in total. The monoisotopic (exact) mass is 308 g/mol. The second kappa shape index (κ2) is 6.03. The first kappa shape index (κ1) is 15.2. The summed E-state index contributed by atoms with van der Waals surface area (Å²) in [5.41, 5.74) is -2.44. The van der Waals surface area contributed by atoms with E-state index in [1.165, 1.54) is 12.1 Å². The van der Waals surface area contributed by atoms with Crippen molar-refractivity contribution in [1.82, 2.24) is 0 Å². The number of benzene rings is 1. The average Bonchev–Trinajstić information content (AvgIpc) is 2.91. The van der Waals surface area contributed by atoms with Gasteiger partial charge in [0.1, 0.15) is 5.75 Å². The van der Waals surface area contributed by atoms with Gasteiger partial charge in [-0.05, 0) is 36.5 Å². The lowest BCUT2D eigenvalue weighted by atomic mass is 9.98. The van der Waals surface area contributed by atoms with Crippen LogP contribution < -0.4 is 4.18 Å². The van der Waals surface area contributed by atoms with Gasteiger partial charge in [-0.15, -0.1) is 0 Å². The van der Waals surface area contributed by atoms with Crippen molar-refractivity contribution in [3.63, 3.8) is 0 Å². The molecular weight excluding hydrogens is 293 g/mol. The standard InChI is InChI=1S/C13H15F3O3S/c14-12(15)13(16)20(17,18)19-11-7-3-6-10(8-11)9-4-1-2-5-9/h3,6-9,12-13H,1-2,4-5H2. The molecule has 0 aliphatic heterocycles. The minimum Gasteiger partial charge on any atom is -0.380 e. The van der Waals surface area contributed by atoms with Crippen LogP contribution in [0, 0.1) is 0 Å². The van der Waals surface area contributed by atoms with E-state index in [0.29, 0.717) is 5.92 Å². The van der Waals surface area contributed by atoms with Crippen LogP contribution >= 0.6 is 0 Å². The van der Waals surface area contributed by atoms with Crippen LogP contribution in [0.2, 0.25) is 0 Å². The van der Waals surface area contributed by atoms with Crippen LogP contribution in [0.5, 0.6) is 5.75 Å². The molecule has 1 aromatic rings.